The van der Waals surface area contributed by atoms with Crippen LogP contribution in [0.25, 0.3) is 105 Å². The summed E-state index contributed by atoms with van der Waals surface area (Å²) in [6.45, 7) is 0. The highest BCUT2D eigenvalue weighted by molar-refractivity contribution is 6.20. The molecule has 0 atom stereocenters. The van der Waals surface area contributed by atoms with Gasteiger partial charge in [-0.3, -0.25) is 0 Å². The van der Waals surface area contributed by atoms with E-state index in [-0.39, 0.29) is 0 Å². The Morgan fingerprint density at radius 1 is 0.351 bits per heavy atom. The molecule has 57 heavy (non-hydrogen) atoms. The van der Waals surface area contributed by atoms with Crippen LogP contribution in [0.1, 0.15) is 0 Å². The Bertz CT molecular complexity index is 3260. The number of para-hydroxylation sites is 1. The van der Waals surface area contributed by atoms with E-state index in [1.807, 2.05) is 6.07 Å². The quantitative estimate of drug-likeness (QED) is 0.160. The van der Waals surface area contributed by atoms with Crippen molar-refractivity contribution in [2.24, 2.45) is 0 Å². The number of pyridine rings is 2. The van der Waals surface area contributed by atoms with Crippen LogP contribution >= 0.6 is 0 Å². The molecule has 4 nitrogen and oxygen atoms in total. The van der Waals surface area contributed by atoms with E-state index >= 15 is 0 Å². The minimum Gasteiger partial charge on any atom is -0.245 e. The Balaban J connectivity index is 1.13. The first-order chi connectivity index (χ1) is 28.3. The number of fused-ring (bicyclic) bond motifs is 6. The van der Waals surface area contributed by atoms with Crippen molar-refractivity contribution in [1.82, 2.24) is 19.7 Å². The van der Waals surface area contributed by atoms with Gasteiger partial charge >= 0.3 is 0 Å². The van der Waals surface area contributed by atoms with Gasteiger partial charge in [0.1, 0.15) is 5.69 Å². The van der Waals surface area contributed by atoms with E-state index in [1.165, 1.54) is 0 Å². The largest absolute Gasteiger partial charge is 0.245 e. The van der Waals surface area contributed by atoms with Crippen LogP contribution in [0, 0.1) is 0 Å². The molecule has 0 saturated heterocycles. The third-order valence-corrected chi connectivity index (χ3v) is 11.0. The molecule has 266 valence electrons. The van der Waals surface area contributed by atoms with Gasteiger partial charge in [0.05, 0.1) is 33.6 Å². The van der Waals surface area contributed by atoms with Crippen molar-refractivity contribution in [2.45, 2.75) is 0 Å². The third kappa shape index (κ3) is 5.66. The standard InChI is InChI=1S/C53H34N4/c1-5-15-35(16-6-1)45-34-46-43(25-14-26-44(46)53-49(45)50(37-19-9-3-10-20-37)56-57(53)42-23-11-4-12-24-42)40-21-13-22-41(33-40)48-32-30-39-28-27-38-29-31-47(36-17-7-2-8-18-36)54-51(38)52(39)55-48/h1-34H. The molecular formula is C53H34N4. The minimum atomic E-state index is 0.900. The van der Waals surface area contributed by atoms with Gasteiger partial charge in [0.2, 0.25) is 0 Å². The van der Waals surface area contributed by atoms with Gasteiger partial charge in [-0.05, 0) is 64.0 Å². The average molecular weight is 727 g/mol. The normalized spacial score (nSPS) is 11.5. The van der Waals surface area contributed by atoms with E-state index in [0.29, 0.717) is 0 Å². The monoisotopic (exact) mass is 726 g/mol. The van der Waals surface area contributed by atoms with Crippen molar-refractivity contribution in [3.63, 3.8) is 0 Å². The number of rotatable bonds is 6. The number of hydrogen-bond donors (Lipinski definition) is 0. The van der Waals surface area contributed by atoms with Gasteiger partial charge in [-0.2, -0.15) is 5.10 Å². The van der Waals surface area contributed by atoms with E-state index in [0.717, 1.165) is 105 Å². The van der Waals surface area contributed by atoms with Crippen LogP contribution in [0.2, 0.25) is 0 Å². The number of hydrogen-bond acceptors (Lipinski definition) is 3. The van der Waals surface area contributed by atoms with E-state index in [9.17, 15) is 0 Å². The lowest BCUT2D eigenvalue weighted by molar-refractivity contribution is 0.918. The summed E-state index contributed by atoms with van der Waals surface area (Å²) in [5, 5.41) is 11.0. The van der Waals surface area contributed by atoms with E-state index < -0.39 is 0 Å². The zero-order valence-corrected chi connectivity index (χ0v) is 30.9. The maximum Gasteiger partial charge on any atom is 0.101 e. The van der Waals surface area contributed by atoms with Crippen molar-refractivity contribution in [2.75, 3.05) is 0 Å². The lowest BCUT2D eigenvalue weighted by Gasteiger charge is -2.15. The summed E-state index contributed by atoms with van der Waals surface area (Å²) < 4.78 is 2.13. The van der Waals surface area contributed by atoms with Crippen LogP contribution in [0.5, 0.6) is 0 Å². The summed E-state index contributed by atoms with van der Waals surface area (Å²) in [5.74, 6) is 0. The molecule has 0 aliphatic carbocycles. The fourth-order valence-electron chi connectivity index (χ4n) is 8.26. The highest BCUT2D eigenvalue weighted by atomic mass is 15.3. The predicted octanol–water partition coefficient (Wildman–Crippen LogP) is 13.6. The molecule has 0 spiro atoms. The molecule has 0 unspecified atom stereocenters. The Hall–Kier alpha value is -7.69. The van der Waals surface area contributed by atoms with Gasteiger partial charge in [-0.1, -0.05) is 170 Å². The van der Waals surface area contributed by atoms with E-state index in [2.05, 4.69) is 205 Å². The number of benzene rings is 8. The Kier molecular flexibility index (Phi) is 7.78. The SMILES string of the molecule is c1ccc(-c2ccc3ccc4ccc(-c5cccc(-c6cccc7c6cc(-c6ccccc6)c6c(-c8ccccc8)nn(-c8ccccc8)c67)c5)nc4c3n2)cc1. The Morgan fingerprint density at radius 3 is 1.54 bits per heavy atom. The van der Waals surface area contributed by atoms with Crippen LogP contribution < -0.4 is 0 Å². The Labute approximate surface area is 330 Å². The van der Waals surface area contributed by atoms with Crippen LogP contribution in [-0.2, 0) is 0 Å². The molecule has 0 aliphatic heterocycles. The van der Waals surface area contributed by atoms with Gasteiger partial charge in [0, 0.05) is 38.2 Å². The molecule has 0 radical (unpaired) electrons. The summed E-state index contributed by atoms with van der Waals surface area (Å²) in [7, 11) is 0. The molecular weight excluding hydrogens is 693 g/mol. The first-order valence-corrected chi connectivity index (χ1v) is 19.3. The summed E-state index contributed by atoms with van der Waals surface area (Å²) in [4.78, 5) is 10.4. The molecule has 0 aliphatic rings. The molecule has 4 heteroatoms. The fraction of sp³-hybridized carbons (Fsp3) is 0. The van der Waals surface area contributed by atoms with Crippen molar-refractivity contribution >= 4 is 43.5 Å². The smallest absolute Gasteiger partial charge is 0.101 e. The minimum absolute atomic E-state index is 0.900. The summed E-state index contributed by atoms with van der Waals surface area (Å²) >= 11 is 0. The molecule has 0 bridgehead atoms. The highest BCUT2D eigenvalue weighted by Gasteiger charge is 2.22. The van der Waals surface area contributed by atoms with Crippen LogP contribution in [0.4, 0.5) is 0 Å². The summed E-state index contributed by atoms with van der Waals surface area (Å²) in [6.07, 6.45) is 0. The molecule has 3 aromatic heterocycles. The van der Waals surface area contributed by atoms with Gasteiger partial charge in [0.25, 0.3) is 0 Å². The summed E-state index contributed by atoms with van der Waals surface area (Å²) in [5.41, 5.74) is 14.5. The average Bonchev–Trinajstić information content (AvgIpc) is 3.71. The number of nitrogens with zero attached hydrogens (tertiary/aromatic N) is 4. The van der Waals surface area contributed by atoms with Gasteiger partial charge < -0.3 is 0 Å². The summed E-state index contributed by atoms with van der Waals surface area (Å²) in [6, 6.07) is 72.6. The second kappa shape index (κ2) is 13.6. The molecule has 0 N–H and O–H groups in total. The lowest BCUT2D eigenvalue weighted by Crippen LogP contribution is -1.97. The maximum absolute atomic E-state index is 5.39. The molecule has 0 saturated carbocycles. The zero-order chi connectivity index (χ0) is 37.7. The highest BCUT2D eigenvalue weighted by Crippen LogP contribution is 2.44. The molecule has 0 amide bonds. The fourth-order valence-corrected chi connectivity index (χ4v) is 8.26. The molecule has 8 aromatic carbocycles. The second-order valence-corrected chi connectivity index (χ2v) is 14.4. The van der Waals surface area contributed by atoms with Crippen molar-refractivity contribution < 1.29 is 0 Å². The van der Waals surface area contributed by atoms with Crippen molar-refractivity contribution in [1.29, 1.82) is 0 Å². The molecule has 3 heterocycles. The lowest BCUT2D eigenvalue weighted by atomic mass is 9.90. The van der Waals surface area contributed by atoms with Crippen LogP contribution in [-0.4, -0.2) is 19.7 Å². The van der Waals surface area contributed by atoms with Gasteiger partial charge in [-0.25, -0.2) is 14.6 Å². The first kappa shape index (κ1) is 32.7. The van der Waals surface area contributed by atoms with Crippen molar-refractivity contribution in [3.8, 4) is 61.7 Å². The van der Waals surface area contributed by atoms with Crippen molar-refractivity contribution in [3.05, 3.63) is 206 Å². The molecule has 0 fully saturated rings. The predicted molar refractivity (Wildman–Crippen MR) is 236 cm³/mol. The zero-order valence-electron chi connectivity index (χ0n) is 30.9. The Morgan fingerprint density at radius 2 is 0.877 bits per heavy atom. The number of aromatic nitrogens is 4. The van der Waals surface area contributed by atoms with E-state index in [4.69, 9.17) is 15.1 Å². The maximum atomic E-state index is 5.39. The van der Waals surface area contributed by atoms with Crippen LogP contribution in [0.3, 0.4) is 0 Å². The van der Waals surface area contributed by atoms with E-state index in [1.54, 1.807) is 0 Å². The first-order valence-electron chi connectivity index (χ1n) is 19.3. The van der Waals surface area contributed by atoms with Gasteiger partial charge in [0.15, 0.2) is 0 Å². The van der Waals surface area contributed by atoms with Crippen LogP contribution in [0.15, 0.2) is 206 Å². The third-order valence-electron chi connectivity index (χ3n) is 11.0. The van der Waals surface area contributed by atoms with Gasteiger partial charge in [-0.15, -0.1) is 0 Å². The molecule has 11 aromatic rings. The topological polar surface area (TPSA) is 43.6 Å². The molecule has 11 rings (SSSR count). The second-order valence-electron chi connectivity index (χ2n) is 14.4.